The zero-order valence-electron chi connectivity index (χ0n) is 10.8. The smallest absolute Gasteiger partial charge is 0.115 e. The zero-order chi connectivity index (χ0) is 13.0. The molecule has 1 fully saturated rings. The molecule has 0 amide bonds. The molecule has 3 nitrogen and oxygen atoms in total. The molecule has 2 N–H and O–H groups in total. The van der Waals surface area contributed by atoms with Crippen molar-refractivity contribution in [2.75, 3.05) is 0 Å². The van der Waals surface area contributed by atoms with Gasteiger partial charge in [-0.25, -0.2) is 0 Å². The van der Waals surface area contributed by atoms with Crippen LogP contribution in [0.25, 0.3) is 0 Å². The Labute approximate surface area is 108 Å². The van der Waals surface area contributed by atoms with Crippen LogP contribution in [0.4, 0.5) is 0 Å². The highest BCUT2D eigenvalue weighted by Gasteiger charge is 2.16. The van der Waals surface area contributed by atoms with E-state index in [0.29, 0.717) is 11.6 Å². The summed E-state index contributed by atoms with van der Waals surface area (Å²) in [6.45, 7) is 1.60. The molecular weight excluding hydrogens is 226 g/mol. The summed E-state index contributed by atoms with van der Waals surface area (Å²) in [7, 11) is 0. The predicted octanol–water partition coefficient (Wildman–Crippen LogP) is 3.29. The Hall–Kier alpha value is -1.35. The normalized spacial score (nSPS) is 19.8. The molecular formula is C15H21NO2. The minimum atomic E-state index is -0.754. The van der Waals surface area contributed by atoms with Crippen LogP contribution in [0.2, 0.25) is 0 Å². The van der Waals surface area contributed by atoms with E-state index in [1.807, 2.05) is 12.1 Å². The van der Waals surface area contributed by atoms with E-state index in [9.17, 15) is 5.11 Å². The molecule has 2 rings (SSSR count). The Balaban J connectivity index is 2.14. The zero-order valence-corrected chi connectivity index (χ0v) is 10.8. The Morgan fingerprint density at radius 3 is 2.28 bits per heavy atom. The number of rotatable bonds is 3. The van der Waals surface area contributed by atoms with Gasteiger partial charge in [0, 0.05) is 5.56 Å². The van der Waals surface area contributed by atoms with Gasteiger partial charge in [0.05, 0.1) is 6.10 Å². The quantitative estimate of drug-likeness (QED) is 0.489. The molecule has 1 aliphatic carbocycles. The fraction of sp³-hybridized carbons (Fsp3) is 0.533. The lowest BCUT2D eigenvalue weighted by Crippen LogP contribution is -2.17. The molecule has 0 aliphatic heterocycles. The van der Waals surface area contributed by atoms with Crippen LogP contribution in [0.15, 0.2) is 29.4 Å². The van der Waals surface area contributed by atoms with E-state index < -0.39 is 6.10 Å². The minimum absolute atomic E-state index is 0.324. The topological polar surface area (TPSA) is 52.8 Å². The van der Waals surface area contributed by atoms with Gasteiger partial charge >= 0.3 is 0 Å². The van der Waals surface area contributed by atoms with E-state index in [1.165, 1.54) is 37.7 Å². The monoisotopic (exact) mass is 247 g/mol. The molecule has 1 unspecified atom stereocenters. The van der Waals surface area contributed by atoms with Crippen molar-refractivity contribution in [3.8, 4) is 0 Å². The summed E-state index contributed by atoms with van der Waals surface area (Å²) in [4.78, 5) is 0. The summed E-state index contributed by atoms with van der Waals surface area (Å²) < 4.78 is 0. The first-order valence-electron chi connectivity index (χ1n) is 6.72. The molecule has 98 valence electrons. The van der Waals surface area contributed by atoms with Crippen molar-refractivity contribution in [3.63, 3.8) is 0 Å². The first-order chi connectivity index (χ1) is 8.72. The molecule has 0 heterocycles. The van der Waals surface area contributed by atoms with Gasteiger partial charge in [0.2, 0.25) is 0 Å². The summed E-state index contributed by atoms with van der Waals surface area (Å²) in [6, 6.07) is 8.06. The lowest BCUT2D eigenvalue weighted by atomic mass is 9.84. The number of hydrogen-bond donors (Lipinski definition) is 2. The molecule has 0 bridgehead atoms. The van der Waals surface area contributed by atoms with Crippen LogP contribution in [0, 0.1) is 0 Å². The van der Waals surface area contributed by atoms with Crippen molar-refractivity contribution in [3.05, 3.63) is 35.4 Å². The van der Waals surface area contributed by atoms with Crippen molar-refractivity contribution in [1.82, 2.24) is 0 Å². The van der Waals surface area contributed by atoms with Crippen LogP contribution in [0.3, 0.4) is 0 Å². The molecule has 18 heavy (non-hydrogen) atoms. The van der Waals surface area contributed by atoms with Gasteiger partial charge in [-0.2, -0.15) is 0 Å². The number of aliphatic hydroxyl groups is 1. The van der Waals surface area contributed by atoms with Crippen molar-refractivity contribution < 1.29 is 10.3 Å². The van der Waals surface area contributed by atoms with Gasteiger partial charge in [-0.3, -0.25) is 0 Å². The molecule has 1 aromatic rings. The standard InChI is InChI=1S/C15H21NO2/c1-11(17)15(16-18)14-9-7-13(8-10-14)12-5-3-2-4-6-12/h7-12,17-18H,2-6H2,1H3. The molecule has 3 heteroatoms. The van der Waals surface area contributed by atoms with Gasteiger partial charge in [-0.1, -0.05) is 48.7 Å². The SMILES string of the molecule is CC(O)C(=NO)c1ccc(C2CCCCC2)cc1. The summed E-state index contributed by atoms with van der Waals surface area (Å²) in [5.74, 6) is 0.675. The largest absolute Gasteiger partial charge is 0.411 e. The van der Waals surface area contributed by atoms with Gasteiger partial charge in [0.1, 0.15) is 5.71 Å². The predicted molar refractivity (Wildman–Crippen MR) is 72.3 cm³/mol. The molecule has 0 aromatic heterocycles. The Morgan fingerprint density at radius 1 is 1.17 bits per heavy atom. The summed E-state index contributed by atoms with van der Waals surface area (Å²) >= 11 is 0. The molecule has 1 atom stereocenters. The fourth-order valence-electron chi connectivity index (χ4n) is 2.74. The van der Waals surface area contributed by atoms with Gasteiger partial charge in [0.15, 0.2) is 0 Å². The van der Waals surface area contributed by atoms with E-state index in [2.05, 4.69) is 17.3 Å². The number of nitrogens with zero attached hydrogens (tertiary/aromatic N) is 1. The fourth-order valence-corrected chi connectivity index (χ4v) is 2.74. The van der Waals surface area contributed by atoms with Crippen molar-refractivity contribution >= 4 is 5.71 Å². The Bertz CT molecular complexity index is 403. The average molecular weight is 247 g/mol. The lowest BCUT2D eigenvalue weighted by molar-refractivity contribution is 0.248. The molecule has 1 aromatic carbocycles. The summed E-state index contributed by atoms with van der Waals surface area (Å²) in [5.41, 5.74) is 2.47. The average Bonchev–Trinajstić information content (AvgIpc) is 2.41. The van der Waals surface area contributed by atoms with Crippen molar-refractivity contribution in [2.24, 2.45) is 5.16 Å². The molecule has 1 saturated carbocycles. The van der Waals surface area contributed by atoms with Crippen molar-refractivity contribution in [1.29, 1.82) is 0 Å². The van der Waals surface area contributed by atoms with E-state index in [0.717, 1.165) is 5.56 Å². The first kappa shape index (κ1) is 13.1. The van der Waals surface area contributed by atoms with E-state index in [4.69, 9.17) is 5.21 Å². The van der Waals surface area contributed by atoms with Gasteiger partial charge in [-0.15, -0.1) is 0 Å². The van der Waals surface area contributed by atoms with Crippen molar-refractivity contribution in [2.45, 2.75) is 51.0 Å². The maximum absolute atomic E-state index is 9.49. The number of benzene rings is 1. The molecule has 0 radical (unpaired) electrons. The third-order valence-electron chi connectivity index (χ3n) is 3.79. The van der Waals surface area contributed by atoms with E-state index in [1.54, 1.807) is 6.92 Å². The second kappa shape index (κ2) is 6.01. The van der Waals surface area contributed by atoms with Crippen LogP contribution < -0.4 is 0 Å². The summed E-state index contributed by atoms with van der Waals surface area (Å²) in [6.07, 6.45) is 5.80. The molecule has 0 saturated heterocycles. The minimum Gasteiger partial charge on any atom is -0.411 e. The van der Waals surface area contributed by atoms with Crippen LogP contribution in [0.1, 0.15) is 56.1 Å². The highest BCUT2D eigenvalue weighted by Crippen LogP contribution is 2.32. The van der Waals surface area contributed by atoms with Gasteiger partial charge in [0.25, 0.3) is 0 Å². The van der Waals surface area contributed by atoms with E-state index >= 15 is 0 Å². The summed E-state index contributed by atoms with van der Waals surface area (Å²) in [5, 5.41) is 21.6. The van der Waals surface area contributed by atoms with Crippen LogP contribution in [-0.4, -0.2) is 22.1 Å². The number of aliphatic hydroxyl groups excluding tert-OH is 1. The highest BCUT2D eigenvalue weighted by atomic mass is 16.4. The van der Waals surface area contributed by atoms with Crippen LogP contribution in [0.5, 0.6) is 0 Å². The Kier molecular flexibility index (Phi) is 4.37. The second-order valence-corrected chi connectivity index (χ2v) is 5.12. The number of oxime groups is 1. The van der Waals surface area contributed by atoms with Gasteiger partial charge < -0.3 is 10.3 Å². The maximum Gasteiger partial charge on any atom is 0.115 e. The number of hydrogen-bond acceptors (Lipinski definition) is 3. The second-order valence-electron chi connectivity index (χ2n) is 5.12. The first-order valence-corrected chi connectivity index (χ1v) is 6.72. The van der Waals surface area contributed by atoms with Crippen LogP contribution in [-0.2, 0) is 0 Å². The van der Waals surface area contributed by atoms with Crippen LogP contribution >= 0.6 is 0 Å². The highest BCUT2D eigenvalue weighted by molar-refractivity contribution is 6.03. The molecule has 0 spiro atoms. The molecule has 1 aliphatic rings. The van der Waals surface area contributed by atoms with Gasteiger partial charge in [-0.05, 0) is 31.2 Å². The maximum atomic E-state index is 9.49. The third-order valence-corrected chi connectivity index (χ3v) is 3.79. The Morgan fingerprint density at radius 2 is 1.78 bits per heavy atom. The lowest BCUT2D eigenvalue weighted by Gasteiger charge is -2.22. The third kappa shape index (κ3) is 2.91. The van der Waals surface area contributed by atoms with E-state index in [-0.39, 0.29) is 0 Å².